The van der Waals surface area contributed by atoms with E-state index in [1.165, 1.54) is 19.3 Å². The van der Waals surface area contributed by atoms with Crippen LogP contribution in [0.4, 0.5) is 5.69 Å². The van der Waals surface area contributed by atoms with E-state index in [1.807, 2.05) is 18.2 Å². The minimum absolute atomic E-state index is 0.473. The molecule has 1 saturated heterocycles. The first kappa shape index (κ1) is 16.5. The smallest absolute Gasteiger partial charge is 0.254 e. The van der Waals surface area contributed by atoms with Crippen molar-refractivity contribution in [3.63, 3.8) is 0 Å². The number of amides is 1. The summed E-state index contributed by atoms with van der Waals surface area (Å²) < 4.78 is 12.4. The minimum atomic E-state index is -0.473. The van der Waals surface area contributed by atoms with Crippen molar-refractivity contribution >= 4 is 12.1 Å². The molecule has 0 atom stereocenters. The van der Waals surface area contributed by atoms with E-state index in [0.717, 1.165) is 55.6 Å². The zero-order valence-electron chi connectivity index (χ0n) is 14.9. The number of ether oxygens (including phenoxy) is 2. The van der Waals surface area contributed by atoms with Gasteiger partial charge in [-0.3, -0.25) is 9.69 Å². The van der Waals surface area contributed by atoms with Crippen LogP contribution in [0.5, 0.6) is 11.5 Å². The molecule has 3 aliphatic rings. The average molecular weight is 345 g/mol. The van der Waals surface area contributed by atoms with Gasteiger partial charge < -0.3 is 19.7 Å². The van der Waals surface area contributed by atoms with E-state index in [2.05, 4.69) is 10.2 Å². The molecule has 6 heteroatoms. The van der Waals surface area contributed by atoms with Crippen molar-refractivity contribution in [2.24, 2.45) is 0 Å². The molecule has 25 heavy (non-hydrogen) atoms. The van der Waals surface area contributed by atoms with Crippen molar-refractivity contribution in [3.8, 4) is 11.5 Å². The Morgan fingerprint density at radius 3 is 2.72 bits per heavy atom. The first-order chi connectivity index (χ1) is 12.2. The average Bonchev–Trinajstić information content (AvgIpc) is 2.92. The number of likely N-dealkylation sites (N-methyl/N-ethyl adjacent to an activating group) is 1. The quantitative estimate of drug-likeness (QED) is 0.802. The van der Waals surface area contributed by atoms with Gasteiger partial charge in [0, 0.05) is 63.9 Å². The fraction of sp³-hybridized carbons (Fsp3) is 0.632. The number of hydrogen-bond donors (Lipinski definition) is 1. The second-order valence-electron chi connectivity index (χ2n) is 7.41. The number of fused-ring (bicyclic) bond motifs is 1. The van der Waals surface area contributed by atoms with Crippen molar-refractivity contribution < 1.29 is 14.3 Å². The molecule has 2 heterocycles. The number of carbonyl (C=O) groups is 1. The summed E-state index contributed by atoms with van der Waals surface area (Å²) in [4.78, 5) is 14.8. The van der Waals surface area contributed by atoms with Crippen LogP contribution in [-0.4, -0.2) is 61.3 Å². The Morgan fingerprint density at radius 2 is 2.04 bits per heavy atom. The van der Waals surface area contributed by atoms with Crippen molar-refractivity contribution in [2.45, 2.75) is 43.9 Å². The summed E-state index contributed by atoms with van der Waals surface area (Å²) in [6.45, 7) is 3.48. The zero-order valence-corrected chi connectivity index (χ0v) is 14.9. The summed E-state index contributed by atoms with van der Waals surface area (Å²) in [6.07, 6.45) is 6.76. The van der Waals surface area contributed by atoms with Gasteiger partial charge in [0.15, 0.2) is 11.5 Å². The third-order valence-corrected chi connectivity index (χ3v) is 5.66. The lowest BCUT2D eigenvalue weighted by Gasteiger charge is -2.44. The van der Waals surface area contributed by atoms with E-state index >= 15 is 0 Å². The van der Waals surface area contributed by atoms with Crippen LogP contribution in [0, 0.1) is 0 Å². The number of carbonyl (C=O) groups excluding carboxylic acids is 1. The van der Waals surface area contributed by atoms with Gasteiger partial charge in [0.1, 0.15) is 0 Å². The van der Waals surface area contributed by atoms with E-state index in [9.17, 15) is 4.79 Å². The standard InChI is InChI=1S/C19H27N3O3/c1-21(14-23)12-9-20-15-5-6-17-18(13-15)25-19(24-17)7-10-22(11-8-19)16-3-2-4-16/h5-6,13-14,16,20H,2-4,7-12H2,1H3. The van der Waals surface area contributed by atoms with E-state index in [1.54, 1.807) is 11.9 Å². The predicted octanol–water partition coefficient (Wildman–Crippen LogP) is 2.30. The number of hydrogen-bond acceptors (Lipinski definition) is 5. The Bertz CT molecular complexity index is 624. The second-order valence-corrected chi connectivity index (χ2v) is 7.41. The van der Waals surface area contributed by atoms with Crippen molar-refractivity contribution in [3.05, 3.63) is 18.2 Å². The molecule has 0 bridgehead atoms. The number of likely N-dealkylation sites (tertiary alicyclic amines) is 1. The lowest BCUT2D eigenvalue weighted by atomic mass is 9.89. The van der Waals surface area contributed by atoms with Gasteiger partial charge in [0.25, 0.3) is 5.79 Å². The molecule has 6 nitrogen and oxygen atoms in total. The zero-order chi connectivity index (χ0) is 17.3. The van der Waals surface area contributed by atoms with Gasteiger partial charge in [-0.1, -0.05) is 6.42 Å². The lowest BCUT2D eigenvalue weighted by Crippen LogP contribution is -2.53. The van der Waals surface area contributed by atoms with Gasteiger partial charge in [-0.05, 0) is 25.0 Å². The fourth-order valence-electron chi connectivity index (χ4n) is 3.82. The summed E-state index contributed by atoms with van der Waals surface area (Å²) in [5.74, 6) is 1.19. The normalized spacial score (nSPS) is 21.8. The largest absolute Gasteiger partial charge is 0.448 e. The molecule has 1 aromatic carbocycles. The highest BCUT2D eigenvalue weighted by atomic mass is 16.7. The Morgan fingerprint density at radius 1 is 1.28 bits per heavy atom. The predicted molar refractivity (Wildman–Crippen MR) is 96.1 cm³/mol. The molecule has 1 spiro atoms. The number of nitrogens with zero attached hydrogens (tertiary/aromatic N) is 2. The molecule has 1 aliphatic carbocycles. The molecular weight excluding hydrogens is 318 g/mol. The summed E-state index contributed by atoms with van der Waals surface area (Å²) >= 11 is 0. The fourth-order valence-corrected chi connectivity index (χ4v) is 3.82. The van der Waals surface area contributed by atoms with Gasteiger partial charge in [-0.15, -0.1) is 0 Å². The number of benzene rings is 1. The Labute approximate surface area is 149 Å². The molecule has 4 rings (SSSR count). The topological polar surface area (TPSA) is 54.0 Å². The van der Waals surface area contributed by atoms with Crippen molar-refractivity contribution in [1.29, 1.82) is 0 Å². The molecule has 136 valence electrons. The van der Waals surface area contributed by atoms with Gasteiger partial charge in [-0.25, -0.2) is 0 Å². The van der Waals surface area contributed by atoms with E-state index in [-0.39, 0.29) is 0 Å². The number of rotatable bonds is 6. The van der Waals surface area contributed by atoms with Crippen LogP contribution < -0.4 is 14.8 Å². The molecule has 1 amide bonds. The Hall–Kier alpha value is -1.95. The Kier molecular flexibility index (Phi) is 4.46. The highest BCUT2D eigenvalue weighted by molar-refractivity contribution is 5.56. The van der Waals surface area contributed by atoms with Gasteiger partial charge in [0.2, 0.25) is 6.41 Å². The van der Waals surface area contributed by atoms with Crippen LogP contribution in [0.3, 0.4) is 0 Å². The third-order valence-electron chi connectivity index (χ3n) is 5.66. The number of anilines is 1. The molecule has 1 saturated carbocycles. The van der Waals surface area contributed by atoms with Crippen LogP contribution >= 0.6 is 0 Å². The Balaban J connectivity index is 1.33. The van der Waals surface area contributed by atoms with E-state index in [4.69, 9.17) is 9.47 Å². The van der Waals surface area contributed by atoms with E-state index in [0.29, 0.717) is 13.1 Å². The molecule has 0 unspecified atom stereocenters. The van der Waals surface area contributed by atoms with Gasteiger partial charge >= 0.3 is 0 Å². The first-order valence-electron chi connectivity index (χ1n) is 9.33. The highest BCUT2D eigenvalue weighted by Crippen LogP contribution is 2.45. The lowest BCUT2D eigenvalue weighted by molar-refractivity contribution is -0.126. The molecular formula is C19H27N3O3. The van der Waals surface area contributed by atoms with Crippen LogP contribution in [0.15, 0.2) is 18.2 Å². The maximum atomic E-state index is 10.6. The SMILES string of the molecule is CN(C=O)CCNc1ccc2c(c1)OC1(CCN(C3CCC3)CC1)O2. The summed E-state index contributed by atoms with van der Waals surface area (Å²) in [5.41, 5.74) is 0.991. The van der Waals surface area contributed by atoms with Gasteiger partial charge in [0.05, 0.1) is 0 Å². The summed E-state index contributed by atoms with van der Waals surface area (Å²) in [5, 5.41) is 3.32. The second kappa shape index (κ2) is 6.75. The van der Waals surface area contributed by atoms with Crippen LogP contribution in [0.2, 0.25) is 0 Å². The van der Waals surface area contributed by atoms with Crippen molar-refractivity contribution in [1.82, 2.24) is 9.80 Å². The van der Waals surface area contributed by atoms with Crippen LogP contribution in [-0.2, 0) is 4.79 Å². The molecule has 0 radical (unpaired) electrons. The highest BCUT2D eigenvalue weighted by Gasteiger charge is 2.45. The van der Waals surface area contributed by atoms with E-state index < -0.39 is 5.79 Å². The van der Waals surface area contributed by atoms with Crippen LogP contribution in [0.25, 0.3) is 0 Å². The van der Waals surface area contributed by atoms with Crippen LogP contribution in [0.1, 0.15) is 32.1 Å². The van der Waals surface area contributed by atoms with Gasteiger partial charge in [-0.2, -0.15) is 0 Å². The minimum Gasteiger partial charge on any atom is -0.448 e. The first-order valence-corrected chi connectivity index (χ1v) is 9.33. The maximum absolute atomic E-state index is 10.6. The molecule has 1 N–H and O–H groups in total. The molecule has 0 aromatic heterocycles. The third kappa shape index (κ3) is 3.40. The number of piperidine rings is 1. The maximum Gasteiger partial charge on any atom is 0.254 e. The monoisotopic (exact) mass is 345 g/mol. The molecule has 2 fully saturated rings. The molecule has 2 aliphatic heterocycles. The summed E-state index contributed by atoms with van der Waals surface area (Å²) in [7, 11) is 1.77. The number of nitrogens with one attached hydrogen (secondary N) is 1. The molecule has 1 aromatic rings. The van der Waals surface area contributed by atoms with Crippen molar-refractivity contribution in [2.75, 3.05) is 38.5 Å². The summed E-state index contributed by atoms with van der Waals surface area (Å²) in [6, 6.07) is 6.78.